The number of furan rings is 2. The average molecular weight is 1140 g/mol. The van der Waals surface area contributed by atoms with E-state index in [0.29, 0.717) is 55.5 Å². The van der Waals surface area contributed by atoms with Crippen molar-refractivity contribution in [2.45, 2.75) is 99.1 Å². The monoisotopic (exact) mass is 1140 g/mol. The molecule has 72 heavy (non-hydrogen) atoms. The summed E-state index contributed by atoms with van der Waals surface area (Å²) in [5.74, 6) is 1.12. The fourth-order valence-corrected chi connectivity index (χ4v) is 10.6. The molecule has 9 heteroatoms. The zero-order valence-electron chi connectivity index (χ0n) is 48.2. The van der Waals surface area contributed by atoms with Gasteiger partial charge < -0.3 is 13.4 Å². The predicted octanol–water partition coefficient (Wildman–Crippen LogP) is 16.5. The van der Waals surface area contributed by atoms with E-state index < -0.39 is 21.8 Å². The molecule has 363 valence electrons. The number of hydrogen-bond donors (Lipinski definition) is 0. The molecule has 1 radical (unpaired) electrons. The Balaban J connectivity index is 0.000000373. The van der Waals surface area contributed by atoms with Crippen LogP contribution in [0.1, 0.15) is 102 Å². The Morgan fingerprint density at radius 1 is 0.722 bits per heavy atom. The van der Waals surface area contributed by atoms with Gasteiger partial charge in [-0.15, -0.1) is 53.6 Å². The van der Waals surface area contributed by atoms with Crippen LogP contribution >= 0.6 is 0 Å². The van der Waals surface area contributed by atoms with E-state index >= 15 is 0 Å². The van der Waals surface area contributed by atoms with Crippen molar-refractivity contribution in [2.24, 2.45) is 0 Å². The van der Waals surface area contributed by atoms with E-state index in [1.165, 1.54) is 11.3 Å². The molecule has 0 saturated heterocycles. The number of aryl methyl sites for hydroxylation is 2. The van der Waals surface area contributed by atoms with Crippen LogP contribution in [0.5, 0.6) is 0 Å². The molecule has 0 unspecified atom stereocenters. The van der Waals surface area contributed by atoms with Crippen LogP contribution in [-0.2, 0) is 25.5 Å². The summed E-state index contributed by atoms with van der Waals surface area (Å²) in [4.78, 5) is 14.1. The number of imidazole rings is 1. The number of hydrogen-bond acceptors (Lipinski definition) is 6. The van der Waals surface area contributed by atoms with Crippen molar-refractivity contribution in [3.63, 3.8) is 0 Å². The van der Waals surface area contributed by atoms with E-state index in [9.17, 15) is 5.26 Å². The molecule has 11 rings (SSSR count). The first-order chi connectivity index (χ1) is 36.3. The molecule has 11 aromatic rings. The summed E-state index contributed by atoms with van der Waals surface area (Å²) >= 11 is 0. The van der Waals surface area contributed by atoms with E-state index in [2.05, 4.69) is 133 Å². The number of benzene rings is 7. The summed E-state index contributed by atoms with van der Waals surface area (Å²) in [6.45, 7) is 17.0. The Bertz CT molecular complexity index is 4090. The van der Waals surface area contributed by atoms with Crippen molar-refractivity contribution in [3.05, 3.63) is 173 Å². The predicted molar refractivity (Wildman–Crippen MR) is 296 cm³/mol. The van der Waals surface area contributed by atoms with Gasteiger partial charge in [-0.05, 0) is 101 Å². The summed E-state index contributed by atoms with van der Waals surface area (Å²) in [6.07, 6.45) is 1.81. The maximum absolute atomic E-state index is 9.51. The normalized spacial score (nSPS) is 13.6. The second-order valence-corrected chi connectivity index (χ2v) is 26.1. The maximum Gasteiger partial charge on any atom is 0.136 e. The molecule has 0 atom stereocenters. The number of aromatic nitrogens is 4. The largest absolute Gasteiger partial charge is 0.501 e. The first-order valence-electron chi connectivity index (χ1n) is 27.1. The molecule has 0 bridgehead atoms. The van der Waals surface area contributed by atoms with Crippen LogP contribution in [0.2, 0.25) is 19.6 Å². The van der Waals surface area contributed by atoms with Gasteiger partial charge in [0.05, 0.1) is 48.0 Å². The molecule has 4 aromatic heterocycles. The van der Waals surface area contributed by atoms with Crippen LogP contribution in [0.3, 0.4) is 0 Å². The van der Waals surface area contributed by atoms with E-state index in [4.69, 9.17) is 22.0 Å². The standard InChI is InChI=1S/C49H44N3O2Si.C14H15N2.Ir/c1-27(2)37-22-33(32-15-17-34(18-16-32)55(7,8)9)23-38(28(3)4)47(37)52-46-30(6)11-10-12-41(46)51-49(52)36-19-13-29(5)45-40-25-43-39(24-44(40)54-48(36)45)35-20-14-31(26-50)21-42(35)53-43;1-14(2,3)12-9-10-15-13(16-12)11-7-5-4-6-8-11;/h10-18,20-25,27-28H,1-9H3;4-7,9-10H,1-3H3;/q2*-1;/i5D3,6D3;;. The van der Waals surface area contributed by atoms with Crippen LogP contribution in [-0.4, -0.2) is 27.6 Å². The third-order valence-corrected chi connectivity index (χ3v) is 15.3. The molecule has 0 spiro atoms. The van der Waals surface area contributed by atoms with Crippen LogP contribution in [0.25, 0.3) is 94.5 Å². The van der Waals surface area contributed by atoms with Gasteiger partial charge in [-0.2, -0.15) is 5.26 Å². The molecular formula is C63H59IrN5O2Si-2. The van der Waals surface area contributed by atoms with Crippen molar-refractivity contribution in [1.82, 2.24) is 19.5 Å². The average Bonchev–Trinajstić information content (AvgIpc) is 4.29. The van der Waals surface area contributed by atoms with Gasteiger partial charge in [-0.3, -0.25) is 15.0 Å². The Hall–Kier alpha value is -6.95. The molecule has 7 nitrogen and oxygen atoms in total. The topological polar surface area (TPSA) is 93.7 Å². The van der Waals surface area contributed by atoms with Gasteiger partial charge in [-0.25, -0.2) is 0 Å². The Kier molecular flexibility index (Phi) is 11.4. The van der Waals surface area contributed by atoms with E-state index in [0.717, 1.165) is 55.8 Å². The van der Waals surface area contributed by atoms with Crippen LogP contribution in [0, 0.1) is 37.2 Å². The van der Waals surface area contributed by atoms with Crippen molar-refractivity contribution >= 4 is 68.2 Å². The third-order valence-electron chi connectivity index (χ3n) is 13.3. The van der Waals surface area contributed by atoms with Crippen LogP contribution < -0.4 is 5.19 Å². The molecule has 0 fully saturated rings. The zero-order chi connectivity index (χ0) is 55.1. The number of nitrogens with zero attached hydrogens (tertiary/aromatic N) is 5. The van der Waals surface area contributed by atoms with Crippen molar-refractivity contribution in [2.75, 3.05) is 0 Å². The van der Waals surface area contributed by atoms with E-state index in [1.54, 1.807) is 30.3 Å². The van der Waals surface area contributed by atoms with Gasteiger partial charge in [0.25, 0.3) is 0 Å². The van der Waals surface area contributed by atoms with Crippen molar-refractivity contribution in [1.29, 1.82) is 5.26 Å². The Morgan fingerprint density at radius 2 is 1.43 bits per heavy atom. The van der Waals surface area contributed by atoms with Gasteiger partial charge in [-0.1, -0.05) is 127 Å². The summed E-state index contributed by atoms with van der Waals surface area (Å²) in [6, 6.07) is 47.1. The summed E-state index contributed by atoms with van der Waals surface area (Å²) in [5.41, 5.74) is 10.7. The second-order valence-electron chi connectivity index (χ2n) is 21.0. The summed E-state index contributed by atoms with van der Waals surface area (Å²) < 4.78 is 67.0. The van der Waals surface area contributed by atoms with Gasteiger partial charge in [0, 0.05) is 67.5 Å². The molecule has 0 aliphatic heterocycles. The number of nitriles is 1. The van der Waals surface area contributed by atoms with Crippen LogP contribution in [0.4, 0.5) is 0 Å². The Labute approximate surface area is 445 Å². The fraction of sp³-hybridized carbons (Fsp3) is 0.238. The first kappa shape index (κ1) is 42.7. The molecule has 0 amide bonds. The number of para-hydroxylation sites is 1. The minimum Gasteiger partial charge on any atom is -0.501 e. The molecule has 7 aromatic carbocycles. The number of fused-ring (bicyclic) bond motifs is 7. The van der Waals surface area contributed by atoms with E-state index in [-0.39, 0.29) is 54.1 Å². The minimum absolute atomic E-state index is 0. The number of rotatable bonds is 7. The second kappa shape index (κ2) is 19.2. The van der Waals surface area contributed by atoms with Gasteiger partial charge in [0.15, 0.2) is 0 Å². The fourth-order valence-electron chi connectivity index (χ4n) is 9.43. The van der Waals surface area contributed by atoms with Gasteiger partial charge >= 0.3 is 0 Å². The molecule has 0 aliphatic carbocycles. The molecule has 0 aliphatic rings. The van der Waals surface area contributed by atoms with Crippen molar-refractivity contribution < 1.29 is 37.2 Å². The zero-order valence-corrected chi connectivity index (χ0v) is 45.6. The molecule has 0 N–H and O–H groups in total. The maximum atomic E-state index is 9.51. The van der Waals surface area contributed by atoms with E-state index in [1.807, 2.05) is 59.3 Å². The SMILES string of the molecule is CC(C)(C)c1ccnc(-c2[c-]cccc2)n1.[2H]C([2H])([2H])c1c[c-]c(-c2nc3cccc(C([2H])([2H])[2H])c3n2-c2c(C(C)C)cc(-c3ccc([Si](C)(C)C)cc3)cc2C(C)C)c2oc3cc4c(cc3c12)oc1cc(C#N)ccc14.[Ir]. The quantitative estimate of drug-likeness (QED) is 0.117. The molecular weight excluding hydrogens is 1080 g/mol. The molecule has 0 saturated carbocycles. The van der Waals surface area contributed by atoms with Crippen LogP contribution in [0.15, 0.2) is 136 Å². The third kappa shape index (κ3) is 9.13. The smallest absolute Gasteiger partial charge is 0.136 e. The van der Waals surface area contributed by atoms with Crippen molar-refractivity contribution in [3.8, 4) is 45.7 Å². The molecule has 4 heterocycles. The van der Waals surface area contributed by atoms with Gasteiger partial charge in [0.2, 0.25) is 0 Å². The first-order valence-corrected chi connectivity index (χ1v) is 27.6. The Morgan fingerprint density at radius 3 is 2.08 bits per heavy atom. The summed E-state index contributed by atoms with van der Waals surface area (Å²) in [5, 5.41) is 13.3. The summed E-state index contributed by atoms with van der Waals surface area (Å²) in [7, 11) is -1.53. The van der Waals surface area contributed by atoms with Gasteiger partial charge in [0.1, 0.15) is 16.7 Å². The minimum atomic E-state index is -2.54.